The normalized spacial score (nSPS) is 10.0. The highest BCUT2D eigenvalue weighted by atomic mass is 35.5. The zero-order valence-corrected chi connectivity index (χ0v) is 6.76. The third-order valence-electron chi connectivity index (χ3n) is 1.66. The van der Waals surface area contributed by atoms with E-state index in [-0.39, 0.29) is 0 Å². The minimum Gasteiger partial charge on any atom is -0.358 e. The second kappa shape index (κ2) is 2.50. The van der Waals surface area contributed by atoms with E-state index >= 15 is 0 Å². The van der Waals surface area contributed by atoms with Gasteiger partial charge in [-0.2, -0.15) is 5.26 Å². The lowest BCUT2D eigenvalue weighted by atomic mass is 10.2. The quantitative estimate of drug-likeness (QED) is 0.670. The number of nitrogens with one attached hydrogen (secondary N) is 1. The first kappa shape index (κ1) is 7.14. The molecular weight excluding hydrogens is 174 g/mol. The molecule has 2 rings (SSSR count). The second-order valence-electron chi connectivity index (χ2n) is 2.36. The second-order valence-corrected chi connectivity index (χ2v) is 2.77. The molecule has 0 spiro atoms. The van der Waals surface area contributed by atoms with Crippen LogP contribution >= 0.6 is 11.6 Å². The summed E-state index contributed by atoms with van der Waals surface area (Å²) in [4.78, 5) is 6.80. The standard InChI is InChI=1S/C8H4ClN3/c9-6-3-12-7-4-11-2-5(1-10)8(6)7/h2-4,12H. The van der Waals surface area contributed by atoms with Crippen molar-refractivity contribution < 1.29 is 0 Å². The lowest BCUT2D eigenvalue weighted by Gasteiger charge is -1.91. The highest BCUT2D eigenvalue weighted by molar-refractivity contribution is 6.35. The molecule has 3 nitrogen and oxygen atoms in total. The van der Waals surface area contributed by atoms with Crippen LogP contribution < -0.4 is 0 Å². The van der Waals surface area contributed by atoms with E-state index in [2.05, 4.69) is 9.97 Å². The average molecular weight is 178 g/mol. The van der Waals surface area contributed by atoms with Crippen LogP contribution in [0.15, 0.2) is 18.6 Å². The largest absolute Gasteiger partial charge is 0.358 e. The molecule has 0 aliphatic rings. The van der Waals surface area contributed by atoms with Crippen molar-refractivity contribution in [3.8, 4) is 6.07 Å². The first-order valence-electron chi connectivity index (χ1n) is 3.33. The minimum absolute atomic E-state index is 0.499. The summed E-state index contributed by atoms with van der Waals surface area (Å²) in [5.41, 5.74) is 1.29. The van der Waals surface area contributed by atoms with E-state index in [4.69, 9.17) is 16.9 Å². The molecule has 58 valence electrons. The van der Waals surface area contributed by atoms with Gasteiger partial charge in [-0.25, -0.2) is 0 Å². The highest BCUT2D eigenvalue weighted by Crippen LogP contribution is 2.24. The summed E-state index contributed by atoms with van der Waals surface area (Å²) < 4.78 is 0. The molecule has 0 amide bonds. The molecule has 1 N–H and O–H groups in total. The van der Waals surface area contributed by atoms with Crippen LogP contribution in [0.1, 0.15) is 5.56 Å². The van der Waals surface area contributed by atoms with E-state index in [1.54, 1.807) is 12.4 Å². The van der Waals surface area contributed by atoms with Gasteiger partial charge in [-0.1, -0.05) is 11.6 Å². The van der Waals surface area contributed by atoms with Gasteiger partial charge in [-0.05, 0) is 0 Å². The van der Waals surface area contributed by atoms with Crippen LogP contribution in [0.25, 0.3) is 10.9 Å². The summed E-state index contributed by atoms with van der Waals surface area (Å²) in [6, 6.07) is 2.03. The number of H-pyrrole nitrogens is 1. The van der Waals surface area contributed by atoms with Crippen LogP contribution in [-0.2, 0) is 0 Å². The Kier molecular flexibility index (Phi) is 1.49. The molecule has 12 heavy (non-hydrogen) atoms. The lowest BCUT2D eigenvalue weighted by Crippen LogP contribution is -1.79. The van der Waals surface area contributed by atoms with Gasteiger partial charge in [0.15, 0.2) is 0 Å². The third-order valence-corrected chi connectivity index (χ3v) is 1.96. The summed E-state index contributed by atoms with van der Waals surface area (Å²) in [7, 11) is 0. The average Bonchev–Trinajstić information content (AvgIpc) is 2.48. The smallest absolute Gasteiger partial charge is 0.102 e. The number of nitriles is 1. The van der Waals surface area contributed by atoms with Gasteiger partial charge in [0.25, 0.3) is 0 Å². The van der Waals surface area contributed by atoms with Crippen LogP contribution in [0.4, 0.5) is 0 Å². The van der Waals surface area contributed by atoms with Crippen molar-refractivity contribution in [1.82, 2.24) is 9.97 Å². The van der Waals surface area contributed by atoms with Crippen molar-refractivity contribution in [2.24, 2.45) is 0 Å². The van der Waals surface area contributed by atoms with E-state index in [1.807, 2.05) is 6.07 Å². The van der Waals surface area contributed by atoms with Crippen LogP contribution in [0.2, 0.25) is 5.02 Å². The molecule has 0 bridgehead atoms. The number of aromatic nitrogens is 2. The van der Waals surface area contributed by atoms with Gasteiger partial charge in [-0.15, -0.1) is 0 Å². The summed E-state index contributed by atoms with van der Waals surface area (Å²) in [5.74, 6) is 0. The number of fused-ring (bicyclic) bond motifs is 1. The van der Waals surface area contributed by atoms with Crippen molar-refractivity contribution in [2.45, 2.75) is 0 Å². The Morgan fingerprint density at radius 2 is 2.33 bits per heavy atom. The van der Waals surface area contributed by atoms with Gasteiger partial charge < -0.3 is 4.98 Å². The zero-order chi connectivity index (χ0) is 8.55. The Labute approximate surface area is 73.6 Å². The van der Waals surface area contributed by atoms with E-state index in [1.165, 1.54) is 6.20 Å². The van der Waals surface area contributed by atoms with Crippen LogP contribution in [0.3, 0.4) is 0 Å². The molecule has 0 unspecified atom stereocenters. The maximum absolute atomic E-state index is 8.72. The molecule has 0 radical (unpaired) electrons. The van der Waals surface area contributed by atoms with Crippen LogP contribution in [-0.4, -0.2) is 9.97 Å². The molecule has 0 aliphatic carbocycles. The predicted molar refractivity (Wildman–Crippen MR) is 45.8 cm³/mol. The molecule has 0 saturated heterocycles. The minimum atomic E-state index is 0.499. The van der Waals surface area contributed by atoms with Gasteiger partial charge >= 0.3 is 0 Å². The first-order chi connectivity index (χ1) is 5.83. The highest BCUT2D eigenvalue weighted by Gasteiger charge is 2.05. The van der Waals surface area contributed by atoms with E-state index in [9.17, 15) is 0 Å². The van der Waals surface area contributed by atoms with Gasteiger partial charge in [0.1, 0.15) is 6.07 Å². The summed E-state index contributed by atoms with van der Waals surface area (Å²) in [6.07, 6.45) is 4.79. The summed E-state index contributed by atoms with van der Waals surface area (Å²) >= 11 is 5.85. The predicted octanol–water partition coefficient (Wildman–Crippen LogP) is 2.09. The number of hydrogen-bond acceptors (Lipinski definition) is 2. The van der Waals surface area contributed by atoms with Crippen molar-refractivity contribution in [3.05, 3.63) is 29.2 Å². The molecule has 0 aromatic carbocycles. The third kappa shape index (κ3) is 0.858. The van der Waals surface area contributed by atoms with Crippen molar-refractivity contribution in [3.63, 3.8) is 0 Å². The SMILES string of the molecule is N#Cc1cncc2[nH]cc(Cl)c12. The zero-order valence-electron chi connectivity index (χ0n) is 6.00. The summed E-state index contributed by atoms with van der Waals surface area (Å²) in [5, 5.41) is 10.0. The first-order valence-corrected chi connectivity index (χ1v) is 3.71. The Balaban J connectivity index is 2.96. The molecule has 0 fully saturated rings. The molecule has 2 aromatic rings. The lowest BCUT2D eigenvalue weighted by molar-refractivity contribution is 1.32. The fraction of sp³-hybridized carbons (Fsp3) is 0. The van der Waals surface area contributed by atoms with Gasteiger partial charge in [-0.3, -0.25) is 4.98 Å². The Bertz CT molecular complexity index is 467. The molecule has 0 atom stereocenters. The number of pyridine rings is 1. The number of hydrogen-bond donors (Lipinski definition) is 1. The Morgan fingerprint density at radius 1 is 1.50 bits per heavy atom. The van der Waals surface area contributed by atoms with E-state index < -0.39 is 0 Å². The maximum Gasteiger partial charge on any atom is 0.102 e. The molecular formula is C8H4ClN3. The fourth-order valence-electron chi connectivity index (χ4n) is 1.13. The summed E-state index contributed by atoms with van der Waals surface area (Å²) in [6.45, 7) is 0. The van der Waals surface area contributed by atoms with Crippen LogP contribution in [0, 0.1) is 11.3 Å². The fourth-order valence-corrected chi connectivity index (χ4v) is 1.38. The molecule has 0 aliphatic heterocycles. The molecule has 0 saturated carbocycles. The van der Waals surface area contributed by atoms with Crippen molar-refractivity contribution in [2.75, 3.05) is 0 Å². The van der Waals surface area contributed by atoms with Crippen molar-refractivity contribution in [1.29, 1.82) is 5.26 Å². The van der Waals surface area contributed by atoms with E-state index in [0.717, 1.165) is 10.9 Å². The van der Waals surface area contributed by atoms with Crippen LogP contribution in [0.5, 0.6) is 0 Å². The Hall–Kier alpha value is -1.53. The van der Waals surface area contributed by atoms with E-state index in [0.29, 0.717) is 10.6 Å². The van der Waals surface area contributed by atoms with Crippen molar-refractivity contribution >= 4 is 22.5 Å². The van der Waals surface area contributed by atoms with Gasteiger partial charge in [0.05, 0.1) is 22.3 Å². The number of halogens is 1. The number of rotatable bonds is 0. The molecule has 4 heteroatoms. The van der Waals surface area contributed by atoms with Gasteiger partial charge in [0, 0.05) is 17.8 Å². The number of aromatic amines is 1. The maximum atomic E-state index is 8.72. The number of nitrogens with zero attached hydrogens (tertiary/aromatic N) is 2. The molecule has 2 aromatic heterocycles. The monoisotopic (exact) mass is 177 g/mol. The topological polar surface area (TPSA) is 52.5 Å². The van der Waals surface area contributed by atoms with Gasteiger partial charge in [0.2, 0.25) is 0 Å². The molecule has 2 heterocycles. The Morgan fingerprint density at radius 3 is 3.08 bits per heavy atom.